The average Bonchev–Trinajstić information content (AvgIpc) is 3.23. The Kier molecular flexibility index (Phi) is 6.66. The number of rotatable bonds is 8. The van der Waals surface area contributed by atoms with Gasteiger partial charge in [0, 0.05) is 0 Å². The standard InChI is InChI=1S/C22H24N2O3S/c1-15(2)20(24-21(25)19-8-5-13-28-19)22(26)23-11-12-27-18-10-9-16-6-3-4-7-17(16)14-18/h3-10,13-15,20H,11-12H2,1-2H3,(H,23,26)(H,24,25). The zero-order chi connectivity index (χ0) is 19.9. The minimum atomic E-state index is -0.588. The number of benzene rings is 2. The fourth-order valence-electron chi connectivity index (χ4n) is 2.87. The summed E-state index contributed by atoms with van der Waals surface area (Å²) in [7, 11) is 0. The summed E-state index contributed by atoms with van der Waals surface area (Å²) in [5.74, 6) is 0.308. The maximum Gasteiger partial charge on any atom is 0.262 e. The van der Waals surface area contributed by atoms with E-state index in [1.54, 1.807) is 6.07 Å². The number of carbonyl (C=O) groups is 2. The summed E-state index contributed by atoms with van der Waals surface area (Å²) in [5, 5.41) is 9.77. The molecule has 0 saturated heterocycles. The van der Waals surface area contributed by atoms with E-state index in [0.29, 0.717) is 18.0 Å². The third kappa shape index (κ3) is 5.10. The molecule has 2 N–H and O–H groups in total. The number of nitrogens with one attached hydrogen (secondary N) is 2. The third-order valence-corrected chi connectivity index (χ3v) is 5.24. The van der Waals surface area contributed by atoms with Gasteiger partial charge in [-0.1, -0.05) is 50.2 Å². The molecule has 0 saturated carbocycles. The van der Waals surface area contributed by atoms with Crippen molar-refractivity contribution in [1.29, 1.82) is 0 Å². The van der Waals surface area contributed by atoms with Crippen LogP contribution < -0.4 is 15.4 Å². The van der Waals surface area contributed by atoms with E-state index in [1.807, 2.05) is 61.7 Å². The fourth-order valence-corrected chi connectivity index (χ4v) is 3.49. The molecule has 146 valence electrons. The monoisotopic (exact) mass is 396 g/mol. The van der Waals surface area contributed by atoms with Crippen LogP contribution in [0.3, 0.4) is 0 Å². The number of ether oxygens (including phenoxy) is 1. The van der Waals surface area contributed by atoms with E-state index in [1.165, 1.54) is 11.3 Å². The van der Waals surface area contributed by atoms with Gasteiger partial charge in [-0.05, 0) is 40.3 Å². The molecule has 0 fully saturated rings. The van der Waals surface area contributed by atoms with E-state index in [4.69, 9.17) is 4.74 Å². The lowest BCUT2D eigenvalue weighted by Crippen LogP contribution is -2.50. The highest BCUT2D eigenvalue weighted by Gasteiger charge is 2.24. The van der Waals surface area contributed by atoms with Gasteiger partial charge in [-0.25, -0.2) is 0 Å². The number of thiophene rings is 1. The van der Waals surface area contributed by atoms with Crippen molar-refractivity contribution in [3.63, 3.8) is 0 Å². The normalized spacial score (nSPS) is 12.0. The molecule has 0 bridgehead atoms. The topological polar surface area (TPSA) is 67.4 Å². The van der Waals surface area contributed by atoms with Gasteiger partial charge >= 0.3 is 0 Å². The van der Waals surface area contributed by atoms with Crippen molar-refractivity contribution < 1.29 is 14.3 Å². The maximum absolute atomic E-state index is 12.5. The molecule has 0 radical (unpaired) electrons. The molecule has 6 heteroatoms. The number of fused-ring (bicyclic) bond motifs is 1. The molecule has 0 aliphatic carbocycles. The third-order valence-electron chi connectivity index (χ3n) is 4.37. The average molecular weight is 397 g/mol. The lowest BCUT2D eigenvalue weighted by molar-refractivity contribution is -0.124. The molecule has 1 atom stereocenters. The summed E-state index contributed by atoms with van der Waals surface area (Å²) in [6.45, 7) is 4.53. The molecule has 0 aliphatic rings. The Labute approximate surface area is 168 Å². The molecule has 2 amide bonds. The van der Waals surface area contributed by atoms with Gasteiger partial charge < -0.3 is 15.4 Å². The SMILES string of the molecule is CC(C)C(NC(=O)c1cccs1)C(=O)NCCOc1ccc2ccccc2c1. The molecule has 3 rings (SSSR count). The van der Waals surface area contributed by atoms with Crippen LogP contribution in [-0.2, 0) is 4.79 Å². The largest absolute Gasteiger partial charge is 0.492 e. The second kappa shape index (κ2) is 9.37. The van der Waals surface area contributed by atoms with Gasteiger partial charge in [0.1, 0.15) is 18.4 Å². The lowest BCUT2D eigenvalue weighted by Gasteiger charge is -2.21. The van der Waals surface area contributed by atoms with E-state index < -0.39 is 6.04 Å². The predicted octanol–water partition coefficient (Wildman–Crippen LogP) is 3.85. The smallest absolute Gasteiger partial charge is 0.262 e. The Morgan fingerprint density at radius 1 is 1.04 bits per heavy atom. The van der Waals surface area contributed by atoms with E-state index in [0.717, 1.165) is 16.5 Å². The maximum atomic E-state index is 12.5. The van der Waals surface area contributed by atoms with Crippen molar-refractivity contribution in [2.45, 2.75) is 19.9 Å². The number of carbonyl (C=O) groups excluding carboxylic acids is 2. The molecular formula is C22H24N2O3S. The second-order valence-electron chi connectivity index (χ2n) is 6.82. The summed E-state index contributed by atoms with van der Waals surface area (Å²) in [6, 6.07) is 17.0. The van der Waals surface area contributed by atoms with Crippen LogP contribution in [0.2, 0.25) is 0 Å². The molecule has 1 aromatic heterocycles. The quantitative estimate of drug-likeness (QED) is 0.568. The van der Waals surface area contributed by atoms with Crippen molar-refractivity contribution in [3.05, 3.63) is 64.9 Å². The summed E-state index contributed by atoms with van der Waals surface area (Å²) in [6.07, 6.45) is 0. The first-order valence-electron chi connectivity index (χ1n) is 9.28. The van der Waals surface area contributed by atoms with E-state index in [9.17, 15) is 9.59 Å². The van der Waals surface area contributed by atoms with Gasteiger partial charge in [-0.2, -0.15) is 0 Å². The predicted molar refractivity (Wildman–Crippen MR) is 113 cm³/mol. The van der Waals surface area contributed by atoms with Gasteiger partial charge in [0.15, 0.2) is 0 Å². The highest BCUT2D eigenvalue weighted by molar-refractivity contribution is 7.12. The van der Waals surface area contributed by atoms with E-state index in [2.05, 4.69) is 16.7 Å². The van der Waals surface area contributed by atoms with Gasteiger partial charge in [0.25, 0.3) is 5.91 Å². The minimum absolute atomic E-state index is 0.0229. The van der Waals surface area contributed by atoms with Crippen molar-refractivity contribution >= 4 is 33.9 Å². The summed E-state index contributed by atoms with van der Waals surface area (Å²) in [4.78, 5) is 25.3. The number of amides is 2. The summed E-state index contributed by atoms with van der Waals surface area (Å²) in [5.41, 5.74) is 0. The van der Waals surface area contributed by atoms with E-state index in [-0.39, 0.29) is 17.7 Å². The van der Waals surface area contributed by atoms with Crippen LogP contribution in [0.25, 0.3) is 10.8 Å². The summed E-state index contributed by atoms with van der Waals surface area (Å²) < 4.78 is 5.74. The van der Waals surface area contributed by atoms with Crippen LogP contribution in [0, 0.1) is 5.92 Å². The van der Waals surface area contributed by atoms with Gasteiger partial charge in [-0.3, -0.25) is 9.59 Å². The van der Waals surface area contributed by atoms with Crippen LogP contribution in [-0.4, -0.2) is 31.0 Å². The summed E-state index contributed by atoms with van der Waals surface area (Å²) >= 11 is 1.35. The molecule has 3 aromatic rings. The van der Waals surface area contributed by atoms with Gasteiger partial charge in [0.2, 0.25) is 5.91 Å². The Bertz CT molecular complexity index is 938. The second-order valence-corrected chi connectivity index (χ2v) is 7.77. The molecule has 0 spiro atoms. The number of hydrogen-bond acceptors (Lipinski definition) is 4. The first kappa shape index (κ1) is 19.9. The van der Waals surface area contributed by atoms with Crippen molar-refractivity contribution in [1.82, 2.24) is 10.6 Å². The van der Waals surface area contributed by atoms with Crippen LogP contribution in [0.5, 0.6) is 5.75 Å². The Morgan fingerprint density at radius 3 is 2.54 bits per heavy atom. The highest BCUT2D eigenvalue weighted by atomic mass is 32.1. The number of hydrogen-bond donors (Lipinski definition) is 2. The zero-order valence-corrected chi connectivity index (χ0v) is 16.8. The Hall–Kier alpha value is -2.86. The molecular weight excluding hydrogens is 372 g/mol. The Balaban J connectivity index is 1.49. The van der Waals surface area contributed by atoms with Crippen molar-refractivity contribution in [3.8, 4) is 5.75 Å². The van der Waals surface area contributed by atoms with Crippen LogP contribution >= 0.6 is 11.3 Å². The molecule has 28 heavy (non-hydrogen) atoms. The minimum Gasteiger partial charge on any atom is -0.492 e. The molecule has 1 heterocycles. The molecule has 0 aliphatic heterocycles. The van der Waals surface area contributed by atoms with Gasteiger partial charge in [-0.15, -0.1) is 11.3 Å². The van der Waals surface area contributed by atoms with Gasteiger partial charge in [0.05, 0.1) is 11.4 Å². The molecule has 5 nitrogen and oxygen atoms in total. The van der Waals surface area contributed by atoms with Crippen LogP contribution in [0.15, 0.2) is 60.0 Å². The van der Waals surface area contributed by atoms with E-state index >= 15 is 0 Å². The zero-order valence-electron chi connectivity index (χ0n) is 16.0. The van der Waals surface area contributed by atoms with Crippen LogP contribution in [0.4, 0.5) is 0 Å². The van der Waals surface area contributed by atoms with Crippen molar-refractivity contribution in [2.75, 3.05) is 13.2 Å². The fraction of sp³-hybridized carbons (Fsp3) is 0.273. The van der Waals surface area contributed by atoms with Crippen LogP contribution in [0.1, 0.15) is 23.5 Å². The first-order valence-corrected chi connectivity index (χ1v) is 10.2. The molecule has 1 unspecified atom stereocenters. The lowest BCUT2D eigenvalue weighted by atomic mass is 10.0. The van der Waals surface area contributed by atoms with Crippen molar-refractivity contribution in [2.24, 2.45) is 5.92 Å². The Morgan fingerprint density at radius 2 is 1.82 bits per heavy atom. The first-order chi connectivity index (χ1) is 13.5. The molecule has 2 aromatic carbocycles. The highest BCUT2D eigenvalue weighted by Crippen LogP contribution is 2.20.